The van der Waals surface area contributed by atoms with E-state index in [1.807, 2.05) is 6.07 Å². The first-order valence-corrected chi connectivity index (χ1v) is 9.00. The first-order valence-electron chi connectivity index (χ1n) is 9.00. The number of hydrogen-bond donors (Lipinski definition) is 1. The van der Waals surface area contributed by atoms with Crippen LogP contribution in [0.25, 0.3) is 11.2 Å². The third-order valence-electron chi connectivity index (χ3n) is 5.70. The summed E-state index contributed by atoms with van der Waals surface area (Å²) in [6.07, 6.45) is 5.92. The van der Waals surface area contributed by atoms with Gasteiger partial charge in [0.25, 0.3) is 5.91 Å². The second-order valence-electron chi connectivity index (χ2n) is 7.02. The van der Waals surface area contributed by atoms with E-state index in [2.05, 4.69) is 44.1 Å². The Labute approximate surface area is 146 Å². The molecule has 2 atom stereocenters. The highest BCUT2D eigenvalue weighted by molar-refractivity contribution is 5.94. The SMILES string of the molecule is O=C(c1ccc2nc[nH]c2n1)N1CCC[C@H]2c3ccccc3CC[C@H]21. The molecule has 0 saturated carbocycles. The molecule has 2 aromatic heterocycles. The second kappa shape index (κ2) is 5.69. The number of aryl methyl sites for hydroxylation is 1. The maximum atomic E-state index is 13.2. The zero-order valence-corrected chi connectivity index (χ0v) is 14.0. The molecule has 0 radical (unpaired) electrons. The van der Waals surface area contributed by atoms with Crippen molar-refractivity contribution in [2.24, 2.45) is 0 Å². The van der Waals surface area contributed by atoms with Gasteiger partial charge in [-0.3, -0.25) is 4.79 Å². The first kappa shape index (κ1) is 14.6. The highest BCUT2D eigenvalue weighted by Crippen LogP contribution is 2.40. The lowest BCUT2D eigenvalue weighted by Gasteiger charge is -2.44. The van der Waals surface area contributed by atoms with Crippen molar-refractivity contribution in [1.29, 1.82) is 0 Å². The van der Waals surface area contributed by atoms with Crippen LogP contribution >= 0.6 is 0 Å². The van der Waals surface area contributed by atoms with Crippen LogP contribution in [0.1, 0.15) is 46.8 Å². The number of H-pyrrole nitrogens is 1. The van der Waals surface area contributed by atoms with Crippen LogP contribution in [0.3, 0.4) is 0 Å². The molecule has 1 aliphatic heterocycles. The smallest absolute Gasteiger partial charge is 0.272 e. The summed E-state index contributed by atoms with van der Waals surface area (Å²) >= 11 is 0. The number of hydrogen-bond acceptors (Lipinski definition) is 3. The first-order chi connectivity index (χ1) is 12.3. The molecule has 3 aromatic rings. The minimum Gasteiger partial charge on any atom is -0.334 e. The van der Waals surface area contributed by atoms with E-state index in [0.717, 1.165) is 31.3 Å². The molecule has 0 unspecified atom stereocenters. The molecule has 2 aliphatic rings. The Morgan fingerprint density at radius 1 is 1.16 bits per heavy atom. The summed E-state index contributed by atoms with van der Waals surface area (Å²) in [5, 5.41) is 0. The standard InChI is InChI=1S/C20H20N4O/c25-20(17-9-8-16-19(23-17)22-12-21-16)24-11-3-6-15-14-5-2-1-4-13(14)7-10-18(15)24/h1-2,4-5,8-9,12,15,18H,3,6-7,10-11H2,(H,21,22,23)/t15-,18+/m0/s1. The maximum Gasteiger partial charge on any atom is 0.272 e. The summed E-state index contributed by atoms with van der Waals surface area (Å²) in [5.74, 6) is 0.504. The third-order valence-corrected chi connectivity index (χ3v) is 5.70. The second-order valence-corrected chi connectivity index (χ2v) is 7.02. The van der Waals surface area contributed by atoms with E-state index in [0.29, 0.717) is 17.3 Å². The lowest BCUT2D eigenvalue weighted by atomic mass is 9.74. The van der Waals surface area contributed by atoms with Gasteiger partial charge in [-0.15, -0.1) is 0 Å². The molecule has 0 bridgehead atoms. The molecule has 1 saturated heterocycles. The number of amides is 1. The van der Waals surface area contributed by atoms with Gasteiger partial charge in [-0.2, -0.15) is 0 Å². The Balaban J connectivity index is 1.48. The van der Waals surface area contributed by atoms with Gasteiger partial charge in [0.05, 0.1) is 6.33 Å². The van der Waals surface area contributed by atoms with Crippen molar-refractivity contribution in [3.05, 3.63) is 59.5 Å². The predicted octanol–water partition coefficient (Wildman–Crippen LogP) is 3.29. The van der Waals surface area contributed by atoms with Gasteiger partial charge in [-0.1, -0.05) is 24.3 Å². The molecule has 1 N–H and O–H groups in total. The number of pyridine rings is 1. The van der Waals surface area contributed by atoms with Crippen molar-refractivity contribution in [1.82, 2.24) is 19.9 Å². The number of nitrogens with one attached hydrogen (secondary N) is 1. The number of imidazole rings is 1. The largest absolute Gasteiger partial charge is 0.334 e. The monoisotopic (exact) mass is 332 g/mol. The summed E-state index contributed by atoms with van der Waals surface area (Å²) < 4.78 is 0. The minimum absolute atomic E-state index is 0.0468. The average molecular weight is 332 g/mol. The lowest BCUT2D eigenvalue weighted by Crippen LogP contribution is -2.49. The van der Waals surface area contributed by atoms with Crippen molar-refractivity contribution in [3.63, 3.8) is 0 Å². The van der Waals surface area contributed by atoms with Crippen molar-refractivity contribution in [3.8, 4) is 0 Å². The molecule has 5 heteroatoms. The van der Waals surface area contributed by atoms with Gasteiger partial charge in [-0.25, -0.2) is 9.97 Å². The lowest BCUT2D eigenvalue weighted by molar-refractivity contribution is 0.0541. The number of aromatic nitrogens is 3. The molecule has 1 amide bonds. The number of aromatic amines is 1. The summed E-state index contributed by atoms with van der Waals surface area (Å²) in [7, 11) is 0. The number of carbonyl (C=O) groups is 1. The summed E-state index contributed by atoms with van der Waals surface area (Å²) in [4.78, 5) is 26.9. The van der Waals surface area contributed by atoms with Crippen LogP contribution in [0.2, 0.25) is 0 Å². The molecule has 126 valence electrons. The molecule has 0 spiro atoms. The van der Waals surface area contributed by atoms with Crippen LogP contribution in [0, 0.1) is 0 Å². The molecule has 1 aromatic carbocycles. The summed E-state index contributed by atoms with van der Waals surface area (Å²) in [6, 6.07) is 12.7. The van der Waals surface area contributed by atoms with Gasteiger partial charge in [0.15, 0.2) is 5.65 Å². The van der Waals surface area contributed by atoms with E-state index in [-0.39, 0.29) is 11.9 Å². The molecule has 1 fully saturated rings. The van der Waals surface area contributed by atoms with E-state index < -0.39 is 0 Å². The number of nitrogens with zero attached hydrogens (tertiary/aromatic N) is 3. The van der Waals surface area contributed by atoms with E-state index in [1.54, 1.807) is 12.4 Å². The summed E-state index contributed by atoms with van der Waals surface area (Å²) in [6.45, 7) is 0.824. The zero-order valence-electron chi connectivity index (χ0n) is 14.0. The highest BCUT2D eigenvalue weighted by Gasteiger charge is 2.38. The molecular formula is C20H20N4O. The van der Waals surface area contributed by atoms with E-state index in [9.17, 15) is 4.79 Å². The Morgan fingerprint density at radius 2 is 2.08 bits per heavy atom. The fraction of sp³-hybridized carbons (Fsp3) is 0.350. The van der Waals surface area contributed by atoms with Crippen molar-refractivity contribution in [2.45, 2.75) is 37.6 Å². The van der Waals surface area contributed by atoms with Gasteiger partial charge in [0.2, 0.25) is 0 Å². The van der Waals surface area contributed by atoms with Crippen molar-refractivity contribution >= 4 is 17.1 Å². The van der Waals surface area contributed by atoms with Crippen LogP contribution in [0.15, 0.2) is 42.7 Å². The molecule has 5 nitrogen and oxygen atoms in total. The van der Waals surface area contributed by atoms with E-state index in [4.69, 9.17) is 0 Å². The molecular weight excluding hydrogens is 312 g/mol. The number of fused-ring (bicyclic) bond motifs is 4. The van der Waals surface area contributed by atoms with Crippen LogP contribution in [0.4, 0.5) is 0 Å². The predicted molar refractivity (Wildman–Crippen MR) is 95.5 cm³/mol. The van der Waals surface area contributed by atoms with Gasteiger partial charge in [0.1, 0.15) is 11.2 Å². The van der Waals surface area contributed by atoms with E-state index >= 15 is 0 Å². The van der Waals surface area contributed by atoms with Crippen molar-refractivity contribution in [2.75, 3.05) is 6.54 Å². The van der Waals surface area contributed by atoms with Gasteiger partial charge in [-0.05, 0) is 48.9 Å². The molecule has 25 heavy (non-hydrogen) atoms. The van der Waals surface area contributed by atoms with E-state index in [1.165, 1.54) is 17.5 Å². The maximum absolute atomic E-state index is 13.2. The number of carbonyl (C=O) groups excluding carboxylic acids is 1. The fourth-order valence-corrected chi connectivity index (χ4v) is 4.55. The summed E-state index contributed by atoms with van der Waals surface area (Å²) in [5.41, 5.74) is 4.87. The Bertz CT molecular complexity index is 948. The van der Waals surface area contributed by atoms with Gasteiger partial charge >= 0.3 is 0 Å². The number of likely N-dealkylation sites (tertiary alicyclic amines) is 1. The number of rotatable bonds is 1. The van der Waals surface area contributed by atoms with Gasteiger partial charge < -0.3 is 9.88 Å². The van der Waals surface area contributed by atoms with Crippen molar-refractivity contribution < 1.29 is 4.79 Å². The third kappa shape index (κ3) is 2.34. The normalized spacial score (nSPS) is 22.5. The zero-order chi connectivity index (χ0) is 16.8. The van der Waals surface area contributed by atoms with Crippen LogP contribution in [0.5, 0.6) is 0 Å². The number of piperidine rings is 1. The highest BCUT2D eigenvalue weighted by atomic mass is 16.2. The molecule has 3 heterocycles. The number of benzene rings is 1. The van der Waals surface area contributed by atoms with Crippen LogP contribution in [-0.2, 0) is 6.42 Å². The Hall–Kier alpha value is -2.69. The van der Waals surface area contributed by atoms with Crippen LogP contribution < -0.4 is 0 Å². The molecule has 5 rings (SSSR count). The average Bonchev–Trinajstić information content (AvgIpc) is 3.14. The quantitative estimate of drug-likeness (QED) is 0.744. The van der Waals surface area contributed by atoms with Gasteiger partial charge in [0, 0.05) is 18.5 Å². The molecule has 1 aliphatic carbocycles. The Morgan fingerprint density at radius 3 is 3.04 bits per heavy atom. The Kier molecular flexibility index (Phi) is 3.33. The minimum atomic E-state index is 0.0468. The fourth-order valence-electron chi connectivity index (χ4n) is 4.55. The topological polar surface area (TPSA) is 61.9 Å². The van der Waals surface area contributed by atoms with Crippen LogP contribution in [-0.4, -0.2) is 38.3 Å².